The van der Waals surface area contributed by atoms with Crippen LogP contribution in [0.1, 0.15) is 36.8 Å². The quantitative estimate of drug-likeness (QED) is 0.199. The van der Waals surface area contributed by atoms with Crippen molar-refractivity contribution in [2.24, 2.45) is 0 Å². The molecule has 0 spiro atoms. The number of nitrogens with zero attached hydrogens (tertiary/aromatic N) is 3. The van der Waals surface area contributed by atoms with Gasteiger partial charge in [0.15, 0.2) is 11.5 Å². The summed E-state index contributed by atoms with van der Waals surface area (Å²) in [6.07, 6.45) is 0.442. The molecule has 0 aliphatic carbocycles. The Kier molecular flexibility index (Phi) is 9.11. The summed E-state index contributed by atoms with van der Waals surface area (Å²) in [6.45, 7) is 3.44. The Morgan fingerprint density at radius 1 is 0.833 bits per heavy atom. The van der Waals surface area contributed by atoms with E-state index in [2.05, 4.69) is 4.90 Å². The van der Waals surface area contributed by atoms with Crippen molar-refractivity contribution in [2.45, 2.75) is 38.4 Å². The highest BCUT2D eigenvalue weighted by Crippen LogP contribution is 2.42. The molecule has 0 unspecified atom stereocenters. The Morgan fingerprint density at radius 2 is 1.52 bits per heavy atom. The van der Waals surface area contributed by atoms with Crippen LogP contribution in [0.2, 0.25) is 0 Å². The van der Waals surface area contributed by atoms with Crippen LogP contribution in [0.3, 0.4) is 0 Å². The Labute approximate surface area is 243 Å². The first-order valence-electron chi connectivity index (χ1n) is 14.1. The summed E-state index contributed by atoms with van der Waals surface area (Å²) in [5.74, 6) is 2.34. The van der Waals surface area contributed by atoms with Gasteiger partial charge in [-0.2, -0.15) is 13.2 Å². The van der Waals surface area contributed by atoms with Crippen molar-refractivity contribution in [1.82, 2.24) is 14.5 Å². The van der Waals surface area contributed by atoms with Gasteiger partial charge in [-0.05, 0) is 61.8 Å². The summed E-state index contributed by atoms with van der Waals surface area (Å²) in [7, 11) is 4.54. The molecule has 10 heteroatoms. The van der Waals surface area contributed by atoms with Crippen LogP contribution in [-0.2, 0) is 12.7 Å². The van der Waals surface area contributed by atoms with E-state index >= 15 is 0 Å². The molecule has 224 valence electrons. The first-order valence-corrected chi connectivity index (χ1v) is 14.1. The maximum absolute atomic E-state index is 14.0. The van der Waals surface area contributed by atoms with E-state index in [-0.39, 0.29) is 12.1 Å². The SMILES string of the molecule is COc1cc(-c2nc3ccc(OCCN4CCCCCC4)cc3n2Cc2ccccc2C(F)(F)F)cc(OC)c1OC. The molecule has 0 amide bonds. The number of methoxy groups -OCH3 is 3. The molecule has 1 fully saturated rings. The van der Waals surface area contributed by atoms with Crippen molar-refractivity contribution in [3.8, 4) is 34.4 Å². The van der Waals surface area contributed by atoms with Gasteiger partial charge < -0.3 is 23.5 Å². The molecule has 3 aromatic carbocycles. The number of benzene rings is 3. The number of hydrogen-bond donors (Lipinski definition) is 0. The molecule has 0 atom stereocenters. The highest BCUT2D eigenvalue weighted by Gasteiger charge is 2.33. The van der Waals surface area contributed by atoms with Crippen LogP contribution >= 0.6 is 0 Å². The number of halogens is 3. The van der Waals surface area contributed by atoms with Gasteiger partial charge >= 0.3 is 6.18 Å². The predicted molar refractivity (Wildman–Crippen MR) is 156 cm³/mol. The zero-order valence-electron chi connectivity index (χ0n) is 24.2. The number of likely N-dealkylation sites (tertiary alicyclic amines) is 1. The van der Waals surface area contributed by atoms with Gasteiger partial charge in [0.2, 0.25) is 5.75 Å². The maximum atomic E-state index is 14.0. The van der Waals surface area contributed by atoms with E-state index in [1.807, 2.05) is 18.2 Å². The summed E-state index contributed by atoms with van der Waals surface area (Å²) in [5.41, 5.74) is 1.33. The molecule has 1 aromatic heterocycles. The highest BCUT2D eigenvalue weighted by molar-refractivity contribution is 5.83. The lowest BCUT2D eigenvalue weighted by atomic mass is 10.1. The van der Waals surface area contributed by atoms with E-state index in [4.69, 9.17) is 23.9 Å². The molecular formula is C32H36F3N3O4. The minimum atomic E-state index is -4.50. The lowest BCUT2D eigenvalue weighted by molar-refractivity contribution is -0.138. The monoisotopic (exact) mass is 583 g/mol. The summed E-state index contributed by atoms with van der Waals surface area (Å²) in [4.78, 5) is 7.27. The van der Waals surface area contributed by atoms with Gasteiger partial charge in [-0.3, -0.25) is 4.90 Å². The van der Waals surface area contributed by atoms with Crippen LogP contribution in [-0.4, -0.2) is 62.0 Å². The molecule has 0 radical (unpaired) electrons. The Morgan fingerprint density at radius 3 is 2.17 bits per heavy atom. The topological polar surface area (TPSA) is 58.0 Å². The van der Waals surface area contributed by atoms with Crippen LogP contribution in [0.5, 0.6) is 23.0 Å². The second-order valence-electron chi connectivity index (χ2n) is 10.3. The minimum Gasteiger partial charge on any atom is -0.493 e. The average Bonchev–Trinajstić information content (AvgIpc) is 3.14. The highest BCUT2D eigenvalue weighted by atomic mass is 19.4. The minimum absolute atomic E-state index is 0.0601. The lowest BCUT2D eigenvalue weighted by Gasteiger charge is -2.19. The van der Waals surface area contributed by atoms with E-state index in [0.29, 0.717) is 52.0 Å². The van der Waals surface area contributed by atoms with Crippen LogP contribution in [0.25, 0.3) is 22.4 Å². The van der Waals surface area contributed by atoms with Crippen LogP contribution < -0.4 is 18.9 Å². The van der Waals surface area contributed by atoms with Crippen molar-refractivity contribution < 1.29 is 32.1 Å². The molecule has 2 heterocycles. The van der Waals surface area contributed by atoms with Crippen LogP contribution in [0.15, 0.2) is 54.6 Å². The first kappa shape index (κ1) is 29.6. The fourth-order valence-corrected chi connectivity index (χ4v) is 5.54. The Bertz CT molecular complexity index is 1490. The largest absolute Gasteiger partial charge is 0.493 e. The summed E-state index contributed by atoms with van der Waals surface area (Å²) < 4.78 is 66.4. The van der Waals surface area contributed by atoms with E-state index < -0.39 is 11.7 Å². The zero-order valence-corrected chi connectivity index (χ0v) is 24.2. The molecule has 1 saturated heterocycles. The molecule has 5 rings (SSSR count). The summed E-state index contributed by atoms with van der Waals surface area (Å²) in [6, 6.07) is 14.6. The Balaban J connectivity index is 1.56. The molecule has 0 saturated carbocycles. The van der Waals surface area contributed by atoms with E-state index in [1.165, 1.54) is 59.1 Å². The third-order valence-electron chi connectivity index (χ3n) is 7.67. The van der Waals surface area contributed by atoms with Crippen molar-refractivity contribution in [2.75, 3.05) is 47.6 Å². The van der Waals surface area contributed by atoms with Crippen LogP contribution in [0.4, 0.5) is 13.2 Å². The first-order chi connectivity index (χ1) is 20.3. The zero-order chi connectivity index (χ0) is 29.7. The van der Waals surface area contributed by atoms with Crippen LogP contribution in [0, 0.1) is 0 Å². The van der Waals surface area contributed by atoms with Gasteiger partial charge in [0.25, 0.3) is 0 Å². The molecule has 1 aliphatic rings. The van der Waals surface area contributed by atoms with Gasteiger partial charge in [0.05, 0.1) is 44.5 Å². The van der Waals surface area contributed by atoms with Crippen molar-refractivity contribution in [1.29, 1.82) is 0 Å². The normalized spacial score (nSPS) is 14.5. The number of ether oxygens (including phenoxy) is 4. The third-order valence-corrected chi connectivity index (χ3v) is 7.67. The van der Waals surface area contributed by atoms with Gasteiger partial charge in [-0.1, -0.05) is 31.0 Å². The molecule has 7 nitrogen and oxygen atoms in total. The summed E-state index contributed by atoms with van der Waals surface area (Å²) in [5, 5.41) is 0. The van der Waals surface area contributed by atoms with Gasteiger partial charge in [0.1, 0.15) is 18.2 Å². The molecule has 4 aromatic rings. The number of hydrogen-bond acceptors (Lipinski definition) is 6. The molecule has 1 aliphatic heterocycles. The molecule has 0 bridgehead atoms. The number of rotatable bonds is 10. The Hall–Kier alpha value is -3.92. The fourth-order valence-electron chi connectivity index (χ4n) is 5.54. The third kappa shape index (κ3) is 6.43. The van der Waals surface area contributed by atoms with Crippen molar-refractivity contribution in [3.63, 3.8) is 0 Å². The van der Waals surface area contributed by atoms with E-state index in [9.17, 15) is 13.2 Å². The molecule has 0 N–H and O–H groups in total. The van der Waals surface area contributed by atoms with Gasteiger partial charge in [-0.25, -0.2) is 4.98 Å². The summed E-state index contributed by atoms with van der Waals surface area (Å²) >= 11 is 0. The lowest BCUT2D eigenvalue weighted by Crippen LogP contribution is -2.29. The predicted octanol–water partition coefficient (Wildman–Crippen LogP) is 7.05. The smallest absolute Gasteiger partial charge is 0.416 e. The standard InChI is InChI=1S/C32H36F3N3O4/c1-39-28-18-23(19-29(40-2)30(28)41-3)31-36-26-13-12-24(42-17-16-37-14-8-4-5-9-15-37)20-27(26)38(31)21-22-10-6-7-11-25(22)32(33,34)35/h6-7,10-13,18-20H,4-5,8-9,14-17,21H2,1-3H3. The van der Waals surface area contributed by atoms with Crippen molar-refractivity contribution in [3.05, 3.63) is 65.7 Å². The number of imidazole rings is 1. The second-order valence-corrected chi connectivity index (χ2v) is 10.3. The van der Waals surface area contributed by atoms with E-state index in [1.54, 1.807) is 22.8 Å². The average molecular weight is 584 g/mol. The van der Waals surface area contributed by atoms with Gasteiger partial charge in [0, 0.05) is 18.2 Å². The second kappa shape index (κ2) is 12.9. The van der Waals surface area contributed by atoms with Gasteiger partial charge in [-0.15, -0.1) is 0 Å². The fraction of sp³-hybridized carbons (Fsp3) is 0.406. The number of fused-ring (bicyclic) bond motifs is 1. The maximum Gasteiger partial charge on any atom is 0.416 e. The number of alkyl halides is 3. The van der Waals surface area contributed by atoms with E-state index in [0.717, 1.165) is 25.7 Å². The molecule has 42 heavy (non-hydrogen) atoms. The molecular weight excluding hydrogens is 547 g/mol. The van der Waals surface area contributed by atoms with Crippen molar-refractivity contribution >= 4 is 11.0 Å². The number of aromatic nitrogens is 2.